The summed E-state index contributed by atoms with van der Waals surface area (Å²) in [5, 5.41) is 13.4. The third-order valence-electron chi connectivity index (χ3n) is 6.55. The van der Waals surface area contributed by atoms with Gasteiger partial charge >= 0.3 is 6.18 Å². The van der Waals surface area contributed by atoms with Crippen molar-refractivity contribution in [3.8, 4) is 0 Å². The normalized spacial score (nSPS) is 24.5. The number of aliphatic hydroxyl groups is 1. The first kappa shape index (κ1) is 20.3. The first-order valence-electron chi connectivity index (χ1n) is 10.5. The quantitative estimate of drug-likeness (QED) is 0.587. The third kappa shape index (κ3) is 3.76. The number of halogens is 3. The molecule has 31 heavy (non-hydrogen) atoms. The first-order valence-corrected chi connectivity index (χ1v) is 10.5. The lowest BCUT2D eigenvalue weighted by molar-refractivity contribution is -0.140. The highest BCUT2D eigenvalue weighted by Gasteiger charge is 2.38. The van der Waals surface area contributed by atoms with Crippen LogP contribution in [0.4, 0.5) is 19.0 Å². The maximum atomic E-state index is 13.2. The van der Waals surface area contributed by atoms with Crippen LogP contribution < -0.4 is 5.32 Å². The van der Waals surface area contributed by atoms with E-state index in [4.69, 9.17) is 0 Å². The Morgan fingerprint density at radius 1 is 1.19 bits per heavy atom. The van der Waals surface area contributed by atoms with Gasteiger partial charge in [0.15, 0.2) is 0 Å². The SMILES string of the molecule is OC[C@H]1CCN(C2CCc3ccccc3C2Nc2ncnc3[nH]c(C(F)(F)F)cc23)C1. The Morgan fingerprint density at radius 3 is 2.81 bits per heavy atom. The van der Waals surface area contributed by atoms with Crippen LogP contribution in [0.2, 0.25) is 0 Å². The number of nitrogens with zero attached hydrogens (tertiary/aromatic N) is 3. The predicted octanol–water partition coefficient (Wildman–Crippen LogP) is 3.76. The van der Waals surface area contributed by atoms with Crippen LogP contribution in [0.15, 0.2) is 36.7 Å². The molecule has 3 heterocycles. The van der Waals surface area contributed by atoms with Gasteiger partial charge in [-0.3, -0.25) is 4.90 Å². The zero-order valence-corrected chi connectivity index (χ0v) is 16.9. The van der Waals surface area contributed by atoms with Crippen molar-refractivity contribution in [1.82, 2.24) is 19.9 Å². The minimum Gasteiger partial charge on any atom is -0.396 e. The van der Waals surface area contributed by atoms with Crippen LogP contribution in [0.25, 0.3) is 11.0 Å². The molecule has 3 N–H and O–H groups in total. The Hall–Kier alpha value is -2.65. The molecule has 5 rings (SSSR count). The molecule has 1 aliphatic heterocycles. The average molecular weight is 431 g/mol. The number of hydrogen-bond donors (Lipinski definition) is 3. The number of aliphatic hydroxyl groups excluding tert-OH is 1. The average Bonchev–Trinajstić information content (AvgIpc) is 3.41. The van der Waals surface area contributed by atoms with Crippen LogP contribution in [-0.2, 0) is 12.6 Å². The summed E-state index contributed by atoms with van der Waals surface area (Å²) in [7, 11) is 0. The number of aromatic amines is 1. The summed E-state index contributed by atoms with van der Waals surface area (Å²) in [5.74, 6) is 0.656. The number of aryl methyl sites for hydroxylation is 1. The molecule has 1 aromatic carbocycles. The van der Waals surface area contributed by atoms with E-state index in [1.54, 1.807) is 0 Å². The number of anilines is 1. The van der Waals surface area contributed by atoms with Gasteiger partial charge in [-0.25, -0.2) is 9.97 Å². The van der Waals surface area contributed by atoms with Gasteiger partial charge < -0.3 is 15.4 Å². The number of alkyl halides is 3. The Morgan fingerprint density at radius 2 is 2.03 bits per heavy atom. The smallest absolute Gasteiger partial charge is 0.396 e. The zero-order valence-electron chi connectivity index (χ0n) is 16.9. The molecule has 9 heteroatoms. The van der Waals surface area contributed by atoms with E-state index in [1.165, 1.54) is 11.9 Å². The molecule has 3 aromatic rings. The van der Waals surface area contributed by atoms with Gasteiger partial charge in [0.2, 0.25) is 0 Å². The molecule has 3 atom stereocenters. The monoisotopic (exact) mass is 431 g/mol. The molecular weight excluding hydrogens is 407 g/mol. The summed E-state index contributed by atoms with van der Waals surface area (Å²) in [6.07, 6.45) is -0.371. The molecule has 0 radical (unpaired) electrons. The first-order chi connectivity index (χ1) is 14.9. The minimum atomic E-state index is -4.48. The highest BCUT2D eigenvalue weighted by atomic mass is 19.4. The molecule has 164 valence electrons. The second-order valence-corrected chi connectivity index (χ2v) is 8.42. The maximum Gasteiger partial charge on any atom is 0.431 e. The van der Waals surface area contributed by atoms with Gasteiger partial charge in [0, 0.05) is 19.2 Å². The van der Waals surface area contributed by atoms with Crippen molar-refractivity contribution in [2.45, 2.75) is 37.5 Å². The molecule has 1 fully saturated rings. The van der Waals surface area contributed by atoms with Gasteiger partial charge in [0.05, 0.1) is 11.4 Å². The second-order valence-electron chi connectivity index (χ2n) is 8.42. The van der Waals surface area contributed by atoms with Crippen molar-refractivity contribution in [3.05, 3.63) is 53.5 Å². The molecule has 1 aliphatic carbocycles. The van der Waals surface area contributed by atoms with Gasteiger partial charge in [-0.2, -0.15) is 13.2 Å². The summed E-state index contributed by atoms with van der Waals surface area (Å²) >= 11 is 0. The van der Waals surface area contributed by atoms with Crippen LogP contribution >= 0.6 is 0 Å². The molecule has 0 spiro atoms. The van der Waals surface area contributed by atoms with E-state index in [0.717, 1.165) is 44.0 Å². The molecule has 0 amide bonds. The van der Waals surface area contributed by atoms with Crippen LogP contribution in [0.1, 0.15) is 35.7 Å². The lowest BCUT2D eigenvalue weighted by Crippen LogP contribution is -2.44. The summed E-state index contributed by atoms with van der Waals surface area (Å²) in [6, 6.07) is 9.30. The maximum absolute atomic E-state index is 13.2. The fourth-order valence-corrected chi connectivity index (χ4v) is 4.98. The zero-order chi connectivity index (χ0) is 21.6. The van der Waals surface area contributed by atoms with Crippen molar-refractivity contribution in [3.63, 3.8) is 0 Å². The summed E-state index contributed by atoms with van der Waals surface area (Å²) in [5.41, 5.74) is 1.71. The number of H-pyrrole nitrogens is 1. The Kier molecular flexibility index (Phi) is 5.10. The van der Waals surface area contributed by atoms with E-state index in [2.05, 4.69) is 37.3 Å². The van der Waals surface area contributed by atoms with Crippen LogP contribution in [0.5, 0.6) is 0 Å². The lowest BCUT2D eigenvalue weighted by Gasteiger charge is -2.40. The Labute approximate surface area is 177 Å². The molecular formula is C22H24F3N5O. The van der Waals surface area contributed by atoms with E-state index in [0.29, 0.717) is 11.2 Å². The van der Waals surface area contributed by atoms with E-state index in [1.807, 2.05) is 12.1 Å². The van der Waals surface area contributed by atoms with E-state index < -0.39 is 11.9 Å². The number of nitrogens with one attached hydrogen (secondary N) is 2. The topological polar surface area (TPSA) is 77.1 Å². The number of hydrogen-bond acceptors (Lipinski definition) is 5. The third-order valence-corrected chi connectivity index (χ3v) is 6.55. The molecule has 2 aliphatic rings. The highest BCUT2D eigenvalue weighted by Crippen LogP contribution is 2.39. The van der Waals surface area contributed by atoms with E-state index in [-0.39, 0.29) is 30.3 Å². The summed E-state index contributed by atoms with van der Waals surface area (Å²) < 4.78 is 39.7. The van der Waals surface area contributed by atoms with Crippen molar-refractivity contribution < 1.29 is 18.3 Å². The molecule has 1 saturated heterocycles. The van der Waals surface area contributed by atoms with Crippen LogP contribution in [-0.4, -0.2) is 50.7 Å². The van der Waals surface area contributed by atoms with E-state index in [9.17, 15) is 18.3 Å². The van der Waals surface area contributed by atoms with Crippen molar-refractivity contribution in [1.29, 1.82) is 0 Å². The number of rotatable bonds is 4. The number of likely N-dealkylation sites (tertiary alicyclic amines) is 1. The number of fused-ring (bicyclic) bond motifs is 2. The molecule has 2 unspecified atom stereocenters. The van der Waals surface area contributed by atoms with Gasteiger partial charge in [0.25, 0.3) is 0 Å². The van der Waals surface area contributed by atoms with Crippen LogP contribution in [0, 0.1) is 5.92 Å². The van der Waals surface area contributed by atoms with Crippen molar-refractivity contribution in [2.24, 2.45) is 5.92 Å². The summed E-state index contributed by atoms with van der Waals surface area (Å²) in [4.78, 5) is 13.0. The largest absolute Gasteiger partial charge is 0.431 e. The minimum absolute atomic E-state index is 0.121. The summed E-state index contributed by atoms with van der Waals surface area (Å²) in [6.45, 7) is 1.90. The lowest BCUT2D eigenvalue weighted by atomic mass is 9.83. The molecule has 0 saturated carbocycles. The predicted molar refractivity (Wildman–Crippen MR) is 111 cm³/mol. The number of aromatic nitrogens is 3. The molecule has 2 aromatic heterocycles. The highest BCUT2D eigenvalue weighted by molar-refractivity contribution is 5.88. The van der Waals surface area contributed by atoms with Gasteiger partial charge in [0.1, 0.15) is 23.5 Å². The van der Waals surface area contributed by atoms with E-state index >= 15 is 0 Å². The molecule has 6 nitrogen and oxygen atoms in total. The van der Waals surface area contributed by atoms with Gasteiger partial charge in [-0.1, -0.05) is 24.3 Å². The Balaban J connectivity index is 1.52. The van der Waals surface area contributed by atoms with Crippen LogP contribution in [0.3, 0.4) is 0 Å². The van der Waals surface area contributed by atoms with Crippen molar-refractivity contribution in [2.75, 3.05) is 25.0 Å². The van der Waals surface area contributed by atoms with Crippen molar-refractivity contribution >= 4 is 16.9 Å². The standard InChI is InChI=1S/C22H24F3N5O/c23-22(24,25)18-9-16-20(28-18)26-12-27-21(16)29-19-15-4-2-1-3-14(15)5-6-17(19)30-8-7-13(10-30)11-31/h1-4,9,12-13,17,19,31H,5-8,10-11H2,(H2,26,27,28,29)/t13-,17?,19?/m0/s1. The van der Waals surface area contributed by atoms with Gasteiger partial charge in [-0.15, -0.1) is 0 Å². The molecule has 0 bridgehead atoms. The Bertz CT molecular complexity index is 1080. The van der Waals surface area contributed by atoms with Gasteiger partial charge in [-0.05, 0) is 48.9 Å². The number of benzene rings is 1. The second kappa shape index (κ2) is 7.80. The fraction of sp³-hybridized carbons (Fsp3) is 0.455. The fourth-order valence-electron chi connectivity index (χ4n) is 4.98.